The first-order valence-corrected chi connectivity index (χ1v) is 8.44. The van der Waals surface area contributed by atoms with Crippen molar-refractivity contribution in [3.63, 3.8) is 0 Å². The normalized spacial score (nSPS) is 11.1. The van der Waals surface area contributed by atoms with Gasteiger partial charge in [0.25, 0.3) is 11.9 Å². The number of fused-ring (bicyclic) bond motifs is 2. The summed E-state index contributed by atoms with van der Waals surface area (Å²) in [7, 11) is 3.69. The van der Waals surface area contributed by atoms with Gasteiger partial charge in [-0.25, -0.2) is 0 Å². The van der Waals surface area contributed by atoms with Crippen LogP contribution in [0.2, 0.25) is 0 Å². The highest BCUT2D eigenvalue weighted by Crippen LogP contribution is 2.24. The van der Waals surface area contributed by atoms with Gasteiger partial charge < -0.3 is 19.6 Å². The van der Waals surface area contributed by atoms with Crippen LogP contribution in [0, 0.1) is 6.92 Å². The first-order chi connectivity index (χ1) is 12.9. The van der Waals surface area contributed by atoms with E-state index >= 15 is 0 Å². The van der Waals surface area contributed by atoms with Crippen molar-refractivity contribution >= 4 is 39.6 Å². The quantitative estimate of drug-likeness (QED) is 0.583. The largest absolute Gasteiger partial charge is 0.423 e. The molecule has 0 saturated carbocycles. The number of aromatic nitrogens is 2. The van der Waals surface area contributed by atoms with Crippen molar-refractivity contribution in [1.82, 2.24) is 9.97 Å². The van der Waals surface area contributed by atoms with Gasteiger partial charge in [0.05, 0.1) is 0 Å². The summed E-state index contributed by atoms with van der Waals surface area (Å²) in [5.41, 5.74) is 3.70. The molecule has 0 bridgehead atoms. The molecule has 2 heterocycles. The van der Waals surface area contributed by atoms with Gasteiger partial charge in [0.1, 0.15) is 5.52 Å². The third kappa shape index (κ3) is 3.15. The van der Waals surface area contributed by atoms with Crippen LogP contribution in [0.15, 0.2) is 51.7 Å². The Hall–Kier alpha value is -3.61. The molecule has 0 unspecified atom stereocenters. The number of amides is 1. The zero-order valence-corrected chi connectivity index (χ0v) is 15.2. The van der Waals surface area contributed by atoms with Crippen molar-refractivity contribution in [3.05, 3.63) is 63.9 Å². The van der Waals surface area contributed by atoms with Crippen molar-refractivity contribution in [2.24, 2.45) is 0 Å². The number of aryl methyl sites for hydroxylation is 1. The first kappa shape index (κ1) is 16.8. The molecule has 2 aromatic carbocycles. The van der Waals surface area contributed by atoms with Crippen LogP contribution in [0.25, 0.3) is 22.0 Å². The average Bonchev–Trinajstić information content (AvgIpc) is 3.04. The third-order valence-electron chi connectivity index (χ3n) is 4.33. The molecule has 7 nitrogen and oxygen atoms in total. The second kappa shape index (κ2) is 6.28. The molecular formula is C20H18N4O3. The van der Waals surface area contributed by atoms with Crippen LogP contribution in [-0.2, 0) is 0 Å². The molecule has 27 heavy (non-hydrogen) atoms. The van der Waals surface area contributed by atoms with Crippen LogP contribution in [0.1, 0.15) is 15.9 Å². The van der Waals surface area contributed by atoms with Crippen LogP contribution in [0.5, 0.6) is 0 Å². The number of carbonyl (C=O) groups excluding carboxylic acids is 1. The second-order valence-electron chi connectivity index (χ2n) is 6.60. The number of carbonyl (C=O) groups is 1. The maximum Gasteiger partial charge on any atom is 0.297 e. The van der Waals surface area contributed by atoms with E-state index < -0.39 is 0 Å². The lowest BCUT2D eigenvalue weighted by Gasteiger charge is -2.07. The van der Waals surface area contributed by atoms with Crippen LogP contribution in [-0.4, -0.2) is 30.0 Å². The molecule has 0 fully saturated rings. The summed E-state index contributed by atoms with van der Waals surface area (Å²) in [6, 6.07) is 12.6. The number of anilines is 2. The van der Waals surface area contributed by atoms with Crippen LogP contribution in [0.4, 0.5) is 11.7 Å². The minimum absolute atomic E-state index is 0.189. The van der Waals surface area contributed by atoms with Crippen LogP contribution in [0.3, 0.4) is 0 Å². The van der Waals surface area contributed by atoms with E-state index in [4.69, 9.17) is 4.42 Å². The molecule has 0 aliphatic rings. The fraction of sp³-hybridized carbons (Fsp3) is 0.150. The van der Waals surface area contributed by atoms with Crippen molar-refractivity contribution in [3.8, 4) is 0 Å². The predicted molar refractivity (Wildman–Crippen MR) is 106 cm³/mol. The SMILES string of the molecule is Cc1cc(=O)[nH]c2cc(C(=O)Nc3ccc4oc(N(C)C)nc4c3)ccc12. The minimum atomic E-state index is -0.269. The zero-order chi connectivity index (χ0) is 19.1. The Balaban J connectivity index is 1.64. The molecule has 4 rings (SSSR count). The van der Waals surface area contributed by atoms with Gasteiger partial charge in [0.2, 0.25) is 5.56 Å². The minimum Gasteiger partial charge on any atom is -0.423 e. The van der Waals surface area contributed by atoms with Crippen molar-refractivity contribution in [2.45, 2.75) is 6.92 Å². The molecule has 2 aromatic heterocycles. The van der Waals surface area contributed by atoms with Gasteiger partial charge in [0, 0.05) is 42.3 Å². The number of hydrogen-bond donors (Lipinski definition) is 2. The molecule has 2 N–H and O–H groups in total. The lowest BCUT2D eigenvalue weighted by molar-refractivity contribution is 0.102. The standard InChI is InChI=1S/C20H18N4O3/c1-11-8-18(25)22-15-9-12(4-6-14(11)15)19(26)21-13-5-7-17-16(10-13)23-20(27-17)24(2)3/h4-10H,1-3H3,(H,21,26)(H,22,25). The van der Waals surface area contributed by atoms with E-state index in [9.17, 15) is 9.59 Å². The summed E-state index contributed by atoms with van der Waals surface area (Å²) in [6.07, 6.45) is 0. The molecule has 4 aromatic rings. The number of nitrogens with one attached hydrogen (secondary N) is 2. The van der Waals surface area contributed by atoms with Crippen molar-refractivity contribution < 1.29 is 9.21 Å². The molecular weight excluding hydrogens is 344 g/mol. The Kier molecular flexibility index (Phi) is 3.92. The Bertz CT molecular complexity index is 1240. The summed E-state index contributed by atoms with van der Waals surface area (Å²) < 4.78 is 5.61. The van der Waals surface area contributed by atoms with Gasteiger partial charge in [-0.2, -0.15) is 4.98 Å². The lowest BCUT2D eigenvalue weighted by Crippen LogP contribution is -2.12. The van der Waals surface area contributed by atoms with Gasteiger partial charge in [0.15, 0.2) is 5.58 Å². The zero-order valence-electron chi connectivity index (χ0n) is 15.2. The molecule has 1 amide bonds. The van der Waals surface area contributed by atoms with E-state index in [0.717, 1.165) is 10.9 Å². The molecule has 0 spiro atoms. The number of hydrogen-bond acceptors (Lipinski definition) is 5. The van der Waals surface area contributed by atoms with E-state index in [1.165, 1.54) is 6.07 Å². The predicted octanol–water partition coefficient (Wildman–Crippen LogP) is 3.30. The molecule has 136 valence electrons. The number of benzene rings is 2. The number of H-pyrrole nitrogens is 1. The number of nitrogens with zero attached hydrogens (tertiary/aromatic N) is 2. The summed E-state index contributed by atoms with van der Waals surface area (Å²) in [5.74, 6) is -0.269. The van der Waals surface area contributed by atoms with Crippen molar-refractivity contribution in [1.29, 1.82) is 0 Å². The Morgan fingerprint density at radius 1 is 1.15 bits per heavy atom. The first-order valence-electron chi connectivity index (χ1n) is 8.44. The summed E-state index contributed by atoms with van der Waals surface area (Å²) in [4.78, 5) is 33.2. The van der Waals surface area contributed by atoms with E-state index in [-0.39, 0.29) is 11.5 Å². The Morgan fingerprint density at radius 3 is 2.74 bits per heavy atom. The van der Waals surface area contributed by atoms with E-state index in [1.54, 1.807) is 35.2 Å². The highest BCUT2D eigenvalue weighted by molar-refractivity contribution is 6.06. The Morgan fingerprint density at radius 2 is 1.96 bits per heavy atom. The van der Waals surface area contributed by atoms with Gasteiger partial charge >= 0.3 is 0 Å². The molecule has 0 radical (unpaired) electrons. The topological polar surface area (TPSA) is 91.2 Å². The lowest BCUT2D eigenvalue weighted by atomic mass is 10.1. The third-order valence-corrected chi connectivity index (χ3v) is 4.33. The van der Waals surface area contributed by atoms with Crippen LogP contribution < -0.4 is 15.8 Å². The average molecular weight is 362 g/mol. The molecule has 0 aliphatic heterocycles. The number of aromatic amines is 1. The van der Waals surface area contributed by atoms with Crippen molar-refractivity contribution in [2.75, 3.05) is 24.3 Å². The summed E-state index contributed by atoms with van der Waals surface area (Å²) >= 11 is 0. The van der Waals surface area contributed by atoms with E-state index in [0.29, 0.717) is 33.9 Å². The molecule has 7 heteroatoms. The van der Waals surface area contributed by atoms with Gasteiger partial charge in [-0.3, -0.25) is 9.59 Å². The molecule has 0 atom stereocenters. The summed E-state index contributed by atoms with van der Waals surface area (Å²) in [6.45, 7) is 1.87. The summed E-state index contributed by atoms with van der Waals surface area (Å²) in [5, 5.41) is 3.77. The number of oxazole rings is 1. The molecule has 0 aliphatic carbocycles. The van der Waals surface area contributed by atoms with Crippen LogP contribution >= 0.6 is 0 Å². The highest BCUT2D eigenvalue weighted by Gasteiger charge is 2.11. The maximum atomic E-state index is 12.6. The number of rotatable bonds is 3. The second-order valence-corrected chi connectivity index (χ2v) is 6.60. The number of pyridine rings is 1. The smallest absolute Gasteiger partial charge is 0.297 e. The Labute approximate surface area is 154 Å². The van der Waals surface area contributed by atoms with Gasteiger partial charge in [-0.1, -0.05) is 6.07 Å². The van der Waals surface area contributed by atoms with E-state index in [2.05, 4.69) is 15.3 Å². The highest BCUT2D eigenvalue weighted by atomic mass is 16.4. The fourth-order valence-electron chi connectivity index (χ4n) is 2.96. The monoisotopic (exact) mass is 362 g/mol. The van der Waals surface area contributed by atoms with Gasteiger partial charge in [-0.05, 0) is 42.8 Å². The van der Waals surface area contributed by atoms with Gasteiger partial charge in [-0.15, -0.1) is 0 Å². The fourth-order valence-corrected chi connectivity index (χ4v) is 2.96. The van der Waals surface area contributed by atoms with E-state index in [1.807, 2.05) is 27.1 Å². The molecule has 0 saturated heterocycles. The maximum absolute atomic E-state index is 12.6.